The highest BCUT2D eigenvalue weighted by molar-refractivity contribution is 7.89. The number of amides is 1. The van der Waals surface area contributed by atoms with Gasteiger partial charge in [0.15, 0.2) is 5.69 Å². The number of H-pyrrole nitrogens is 1. The van der Waals surface area contributed by atoms with Crippen molar-refractivity contribution in [1.29, 1.82) is 0 Å². The van der Waals surface area contributed by atoms with Crippen molar-refractivity contribution >= 4 is 32.5 Å². The van der Waals surface area contributed by atoms with E-state index in [4.69, 9.17) is 0 Å². The number of hydrogen-bond donors (Lipinski definition) is 3. The highest BCUT2D eigenvalue weighted by atomic mass is 32.2. The summed E-state index contributed by atoms with van der Waals surface area (Å²) in [7, 11) is -2.26. The fourth-order valence-electron chi connectivity index (χ4n) is 2.40. The van der Waals surface area contributed by atoms with E-state index in [2.05, 4.69) is 20.2 Å². The molecule has 7 nitrogen and oxygen atoms in total. The Morgan fingerprint density at radius 2 is 1.92 bits per heavy atom. The van der Waals surface area contributed by atoms with Crippen molar-refractivity contribution in [1.82, 2.24) is 14.9 Å². The molecule has 1 aromatic heterocycles. The number of carbonyl (C=O) groups excluding carboxylic acids is 1. The number of aromatic nitrogens is 2. The molecule has 0 aliphatic rings. The van der Waals surface area contributed by atoms with Crippen LogP contribution in [0.1, 0.15) is 16.1 Å². The Labute approximate surface area is 139 Å². The van der Waals surface area contributed by atoms with Crippen molar-refractivity contribution in [3.63, 3.8) is 0 Å². The van der Waals surface area contributed by atoms with Gasteiger partial charge in [0, 0.05) is 11.1 Å². The predicted octanol–water partition coefficient (Wildman–Crippen LogP) is 2.03. The third kappa shape index (κ3) is 2.89. The Morgan fingerprint density at radius 1 is 1.17 bits per heavy atom. The molecule has 0 saturated carbocycles. The van der Waals surface area contributed by atoms with Crippen LogP contribution in [0, 0.1) is 6.92 Å². The molecular weight excluding hydrogens is 328 g/mol. The normalized spacial score (nSPS) is 11.6. The van der Waals surface area contributed by atoms with Gasteiger partial charge in [0.2, 0.25) is 10.0 Å². The van der Waals surface area contributed by atoms with Gasteiger partial charge in [-0.3, -0.25) is 9.89 Å². The van der Waals surface area contributed by atoms with Crippen molar-refractivity contribution in [3.8, 4) is 0 Å². The number of anilines is 1. The minimum atomic E-state index is -3.60. The number of fused-ring (bicyclic) bond motifs is 1. The molecule has 2 aromatic carbocycles. The second kappa shape index (κ2) is 6.06. The monoisotopic (exact) mass is 344 g/mol. The summed E-state index contributed by atoms with van der Waals surface area (Å²) < 4.78 is 26.3. The summed E-state index contributed by atoms with van der Waals surface area (Å²) in [5.41, 5.74) is 1.98. The minimum absolute atomic E-state index is 0.120. The lowest BCUT2D eigenvalue weighted by atomic mass is 10.2. The predicted molar refractivity (Wildman–Crippen MR) is 91.5 cm³/mol. The van der Waals surface area contributed by atoms with Gasteiger partial charge in [0.05, 0.1) is 10.4 Å². The zero-order valence-electron chi connectivity index (χ0n) is 13.1. The molecule has 24 heavy (non-hydrogen) atoms. The molecule has 0 spiro atoms. The second-order valence-electron chi connectivity index (χ2n) is 5.26. The van der Waals surface area contributed by atoms with Crippen LogP contribution in [0.4, 0.5) is 5.69 Å². The topological polar surface area (TPSA) is 104 Å². The quantitative estimate of drug-likeness (QED) is 0.673. The van der Waals surface area contributed by atoms with Crippen LogP contribution in [0.25, 0.3) is 10.9 Å². The number of nitrogens with one attached hydrogen (secondary N) is 3. The van der Waals surface area contributed by atoms with Gasteiger partial charge in [0.25, 0.3) is 5.91 Å². The van der Waals surface area contributed by atoms with Crippen molar-refractivity contribution in [2.75, 3.05) is 12.4 Å². The Kier molecular flexibility index (Phi) is 4.08. The van der Waals surface area contributed by atoms with Crippen molar-refractivity contribution in [2.24, 2.45) is 0 Å². The van der Waals surface area contributed by atoms with E-state index in [1.165, 1.54) is 13.1 Å². The van der Waals surface area contributed by atoms with Crippen LogP contribution in [-0.4, -0.2) is 31.6 Å². The van der Waals surface area contributed by atoms with Crippen LogP contribution in [0.15, 0.2) is 47.4 Å². The molecule has 1 amide bonds. The molecule has 0 saturated heterocycles. The van der Waals surface area contributed by atoms with Gasteiger partial charge >= 0.3 is 0 Å². The van der Waals surface area contributed by atoms with Crippen molar-refractivity contribution in [2.45, 2.75) is 11.8 Å². The van der Waals surface area contributed by atoms with Gasteiger partial charge < -0.3 is 5.32 Å². The standard InChI is InChI=1S/C16H16N4O3S/c1-10-7-8-11(9-14(10)24(22,23)17-2)18-16(21)15-12-5-3-4-6-13(12)19-20-15/h3-9,17H,1-2H3,(H,18,21)(H,19,20). The molecule has 0 fully saturated rings. The molecule has 0 aliphatic carbocycles. The van der Waals surface area contributed by atoms with Gasteiger partial charge in [-0.1, -0.05) is 24.3 Å². The average molecular weight is 344 g/mol. The van der Waals surface area contributed by atoms with Crippen molar-refractivity contribution < 1.29 is 13.2 Å². The van der Waals surface area contributed by atoms with E-state index in [0.29, 0.717) is 16.6 Å². The van der Waals surface area contributed by atoms with Crippen LogP contribution in [0.3, 0.4) is 0 Å². The summed E-state index contributed by atoms with van der Waals surface area (Å²) in [6.45, 7) is 1.69. The van der Waals surface area contributed by atoms with Crippen LogP contribution >= 0.6 is 0 Å². The van der Waals surface area contributed by atoms with Gasteiger partial charge in [0.1, 0.15) is 0 Å². The molecular formula is C16H16N4O3S. The fraction of sp³-hybridized carbons (Fsp3) is 0.125. The summed E-state index contributed by atoms with van der Waals surface area (Å²) in [6, 6.07) is 12.0. The Morgan fingerprint density at radius 3 is 2.67 bits per heavy atom. The Hall–Kier alpha value is -2.71. The molecule has 8 heteroatoms. The van der Waals surface area contributed by atoms with Crippen LogP contribution in [0.2, 0.25) is 0 Å². The van der Waals surface area contributed by atoms with Crippen LogP contribution in [-0.2, 0) is 10.0 Å². The highest BCUT2D eigenvalue weighted by Gasteiger charge is 2.18. The lowest BCUT2D eigenvalue weighted by molar-refractivity contribution is 0.102. The molecule has 0 aliphatic heterocycles. The van der Waals surface area contributed by atoms with Gasteiger partial charge in [-0.25, -0.2) is 13.1 Å². The molecule has 124 valence electrons. The average Bonchev–Trinajstić information content (AvgIpc) is 3.00. The number of aromatic amines is 1. The molecule has 0 bridgehead atoms. The first-order valence-electron chi connectivity index (χ1n) is 7.21. The Balaban J connectivity index is 1.94. The van der Waals surface area contributed by atoms with E-state index in [-0.39, 0.29) is 10.6 Å². The summed E-state index contributed by atoms with van der Waals surface area (Å²) in [5.74, 6) is -0.413. The van der Waals surface area contributed by atoms with Gasteiger partial charge in [-0.2, -0.15) is 5.10 Å². The smallest absolute Gasteiger partial charge is 0.276 e. The molecule has 3 rings (SSSR count). The van der Waals surface area contributed by atoms with Crippen LogP contribution in [0.5, 0.6) is 0 Å². The maximum atomic E-state index is 12.4. The number of benzene rings is 2. The number of nitrogens with zero attached hydrogens (tertiary/aromatic N) is 1. The first-order chi connectivity index (χ1) is 11.4. The number of rotatable bonds is 4. The second-order valence-corrected chi connectivity index (χ2v) is 7.11. The molecule has 0 atom stereocenters. The first-order valence-corrected chi connectivity index (χ1v) is 8.69. The van der Waals surface area contributed by atoms with Gasteiger partial charge in [-0.05, 0) is 37.7 Å². The van der Waals surface area contributed by atoms with E-state index in [1.807, 2.05) is 18.2 Å². The number of para-hydroxylation sites is 1. The number of sulfonamides is 1. The van der Waals surface area contributed by atoms with E-state index < -0.39 is 15.9 Å². The Bertz CT molecular complexity index is 1020. The third-order valence-corrected chi connectivity index (χ3v) is 5.25. The number of carbonyl (C=O) groups is 1. The van der Waals surface area contributed by atoms with Gasteiger partial charge in [-0.15, -0.1) is 0 Å². The zero-order chi connectivity index (χ0) is 17.3. The van der Waals surface area contributed by atoms with Crippen molar-refractivity contribution in [3.05, 3.63) is 53.7 Å². The van der Waals surface area contributed by atoms with E-state index >= 15 is 0 Å². The maximum Gasteiger partial charge on any atom is 0.276 e. The van der Waals surface area contributed by atoms with E-state index in [1.54, 1.807) is 25.1 Å². The molecule has 0 unspecified atom stereocenters. The van der Waals surface area contributed by atoms with E-state index in [9.17, 15) is 13.2 Å². The molecule has 1 heterocycles. The van der Waals surface area contributed by atoms with Crippen LogP contribution < -0.4 is 10.0 Å². The highest BCUT2D eigenvalue weighted by Crippen LogP contribution is 2.21. The summed E-state index contributed by atoms with van der Waals surface area (Å²) in [5, 5.41) is 10.2. The minimum Gasteiger partial charge on any atom is -0.321 e. The number of hydrogen-bond acceptors (Lipinski definition) is 4. The largest absolute Gasteiger partial charge is 0.321 e. The molecule has 3 aromatic rings. The SMILES string of the molecule is CNS(=O)(=O)c1cc(NC(=O)c2n[nH]c3ccccc23)ccc1C. The maximum absolute atomic E-state index is 12.4. The summed E-state index contributed by atoms with van der Waals surface area (Å²) in [6.07, 6.45) is 0. The first kappa shape index (κ1) is 16.2. The molecule has 3 N–H and O–H groups in total. The fourth-order valence-corrected chi connectivity index (χ4v) is 3.40. The lowest BCUT2D eigenvalue weighted by Crippen LogP contribution is -2.20. The summed E-state index contributed by atoms with van der Waals surface area (Å²) >= 11 is 0. The van der Waals surface area contributed by atoms with E-state index in [0.717, 1.165) is 5.52 Å². The third-order valence-electron chi connectivity index (χ3n) is 3.69. The zero-order valence-corrected chi connectivity index (χ0v) is 13.9. The lowest BCUT2D eigenvalue weighted by Gasteiger charge is -2.10. The molecule has 0 radical (unpaired) electrons. The number of aryl methyl sites for hydroxylation is 1. The summed E-state index contributed by atoms with van der Waals surface area (Å²) in [4.78, 5) is 12.6.